The lowest BCUT2D eigenvalue weighted by Crippen LogP contribution is -1.75. The number of unbranched alkanes of at least 4 members (excludes halogenated alkanes) is 4. The third kappa shape index (κ3) is 4.97. The van der Waals surface area contributed by atoms with E-state index in [0.717, 1.165) is 0 Å². The second kappa shape index (κ2) is 7.92. The van der Waals surface area contributed by atoms with Crippen molar-refractivity contribution in [3.8, 4) is 0 Å². The van der Waals surface area contributed by atoms with Crippen molar-refractivity contribution in [3.05, 3.63) is 48.0 Å². The molecule has 0 fully saturated rings. The van der Waals surface area contributed by atoms with Crippen molar-refractivity contribution in [2.45, 2.75) is 39.0 Å². The maximum absolute atomic E-state index is 3.75. The molecular formula is C16H22. The van der Waals surface area contributed by atoms with Crippen LogP contribution in [0.1, 0.15) is 50.2 Å². The molecule has 1 aromatic carbocycles. The summed E-state index contributed by atoms with van der Waals surface area (Å²) in [6.45, 7) is 5.99. The summed E-state index contributed by atoms with van der Waals surface area (Å²) in [6.07, 6.45) is 12.9. The van der Waals surface area contributed by atoms with Crippen LogP contribution in [-0.2, 0) is 0 Å². The molecule has 0 radical (unpaired) electrons. The van der Waals surface area contributed by atoms with Crippen LogP contribution in [0.25, 0.3) is 12.2 Å². The van der Waals surface area contributed by atoms with Crippen molar-refractivity contribution in [1.82, 2.24) is 0 Å². The van der Waals surface area contributed by atoms with Crippen molar-refractivity contribution in [1.29, 1.82) is 0 Å². The highest BCUT2D eigenvalue weighted by Crippen LogP contribution is 2.09. The molecule has 0 heterocycles. The summed E-state index contributed by atoms with van der Waals surface area (Å²) < 4.78 is 0. The molecule has 0 saturated carbocycles. The quantitative estimate of drug-likeness (QED) is 0.539. The fourth-order valence-electron chi connectivity index (χ4n) is 1.65. The van der Waals surface area contributed by atoms with E-state index in [1.165, 1.54) is 43.2 Å². The fraction of sp³-hybridized carbons (Fsp3) is 0.375. The molecule has 1 aromatic rings. The predicted molar refractivity (Wildman–Crippen MR) is 74.3 cm³/mol. The lowest BCUT2D eigenvalue weighted by atomic mass is 10.1. The van der Waals surface area contributed by atoms with E-state index in [-0.39, 0.29) is 0 Å². The minimum absolute atomic E-state index is 1.18. The molecule has 1 rings (SSSR count). The van der Waals surface area contributed by atoms with E-state index in [1.54, 1.807) is 0 Å². The van der Waals surface area contributed by atoms with Crippen LogP contribution in [0.15, 0.2) is 36.9 Å². The molecule has 0 nitrogen and oxygen atoms in total. The van der Waals surface area contributed by atoms with Gasteiger partial charge in [-0.1, -0.05) is 75.3 Å². The van der Waals surface area contributed by atoms with Gasteiger partial charge in [0.2, 0.25) is 0 Å². The van der Waals surface area contributed by atoms with Gasteiger partial charge in [-0.3, -0.25) is 0 Å². The number of hydrogen-bond donors (Lipinski definition) is 0. The maximum atomic E-state index is 3.75. The molecule has 0 amide bonds. The Balaban J connectivity index is 2.29. The third-order valence-corrected chi connectivity index (χ3v) is 2.71. The van der Waals surface area contributed by atoms with Gasteiger partial charge in [-0.15, -0.1) is 0 Å². The Hall–Kier alpha value is -1.30. The van der Waals surface area contributed by atoms with Crippen LogP contribution in [-0.4, -0.2) is 0 Å². The first-order valence-electron chi connectivity index (χ1n) is 6.26. The zero-order chi connectivity index (χ0) is 11.6. The molecule has 0 heteroatoms. The van der Waals surface area contributed by atoms with Gasteiger partial charge in [0.1, 0.15) is 0 Å². The Kier molecular flexibility index (Phi) is 6.32. The van der Waals surface area contributed by atoms with Crippen molar-refractivity contribution in [2.75, 3.05) is 0 Å². The largest absolute Gasteiger partial charge is 0.0985 e. The Bertz CT molecular complexity index is 316. The summed E-state index contributed by atoms with van der Waals surface area (Å²) in [5.74, 6) is 0. The Labute approximate surface area is 99.7 Å². The average molecular weight is 214 g/mol. The maximum Gasteiger partial charge on any atom is -0.0259 e. The number of benzene rings is 1. The van der Waals surface area contributed by atoms with Crippen LogP contribution < -0.4 is 0 Å². The lowest BCUT2D eigenvalue weighted by molar-refractivity contribution is 0.675. The zero-order valence-electron chi connectivity index (χ0n) is 10.3. The van der Waals surface area contributed by atoms with E-state index < -0.39 is 0 Å². The Morgan fingerprint density at radius 1 is 1.00 bits per heavy atom. The van der Waals surface area contributed by atoms with E-state index in [2.05, 4.69) is 49.9 Å². The smallest absolute Gasteiger partial charge is 0.0259 e. The van der Waals surface area contributed by atoms with Crippen molar-refractivity contribution < 1.29 is 0 Å². The van der Waals surface area contributed by atoms with Gasteiger partial charge < -0.3 is 0 Å². The molecule has 86 valence electrons. The van der Waals surface area contributed by atoms with E-state index in [0.29, 0.717) is 0 Å². The normalized spacial score (nSPS) is 10.8. The van der Waals surface area contributed by atoms with Gasteiger partial charge in [0.05, 0.1) is 0 Å². The molecule has 0 bridgehead atoms. The molecular weight excluding hydrogens is 192 g/mol. The molecule has 0 unspecified atom stereocenters. The molecule has 0 N–H and O–H groups in total. The highest BCUT2D eigenvalue weighted by atomic mass is 13.9. The topological polar surface area (TPSA) is 0 Å². The van der Waals surface area contributed by atoms with Crippen LogP contribution in [0, 0.1) is 0 Å². The zero-order valence-corrected chi connectivity index (χ0v) is 10.3. The summed E-state index contributed by atoms with van der Waals surface area (Å²) in [6, 6.07) is 8.48. The van der Waals surface area contributed by atoms with Crippen molar-refractivity contribution >= 4 is 12.2 Å². The van der Waals surface area contributed by atoms with Gasteiger partial charge in [-0.25, -0.2) is 0 Å². The van der Waals surface area contributed by atoms with Gasteiger partial charge >= 0.3 is 0 Å². The fourth-order valence-corrected chi connectivity index (χ4v) is 1.65. The second-order valence-corrected chi connectivity index (χ2v) is 4.12. The first-order chi connectivity index (χ1) is 7.86. The molecule has 0 aliphatic rings. The highest BCUT2D eigenvalue weighted by molar-refractivity contribution is 5.54. The van der Waals surface area contributed by atoms with Gasteiger partial charge in [-0.2, -0.15) is 0 Å². The molecule has 0 aromatic heterocycles. The van der Waals surface area contributed by atoms with E-state index >= 15 is 0 Å². The summed E-state index contributed by atoms with van der Waals surface area (Å²) in [7, 11) is 0. The van der Waals surface area contributed by atoms with Gasteiger partial charge in [0.25, 0.3) is 0 Å². The average Bonchev–Trinajstić information content (AvgIpc) is 2.34. The van der Waals surface area contributed by atoms with Crippen LogP contribution in [0.2, 0.25) is 0 Å². The van der Waals surface area contributed by atoms with Gasteiger partial charge in [-0.05, 0) is 24.0 Å². The number of rotatable bonds is 7. The second-order valence-electron chi connectivity index (χ2n) is 4.12. The van der Waals surface area contributed by atoms with Gasteiger partial charge in [0, 0.05) is 0 Å². The van der Waals surface area contributed by atoms with Crippen LogP contribution >= 0.6 is 0 Å². The highest BCUT2D eigenvalue weighted by Gasteiger charge is 1.88. The van der Waals surface area contributed by atoms with E-state index in [4.69, 9.17) is 0 Å². The summed E-state index contributed by atoms with van der Waals surface area (Å²) in [4.78, 5) is 0. The standard InChI is InChI=1S/C16H22/c1-3-5-6-7-8-9-10-16-13-11-15(4-2)12-14-16/h4,9-14H,2-3,5-8H2,1H3/b10-9+. The van der Waals surface area contributed by atoms with Crippen LogP contribution in [0.5, 0.6) is 0 Å². The van der Waals surface area contributed by atoms with Crippen LogP contribution in [0.3, 0.4) is 0 Å². The lowest BCUT2D eigenvalue weighted by Gasteiger charge is -1.96. The molecule has 0 aliphatic heterocycles. The predicted octanol–water partition coefficient (Wildman–Crippen LogP) is 5.31. The summed E-state index contributed by atoms with van der Waals surface area (Å²) in [5.41, 5.74) is 2.46. The van der Waals surface area contributed by atoms with Crippen LogP contribution in [0.4, 0.5) is 0 Å². The third-order valence-electron chi connectivity index (χ3n) is 2.71. The Morgan fingerprint density at radius 3 is 2.31 bits per heavy atom. The molecule has 0 saturated heterocycles. The molecule has 16 heavy (non-hydrogen) atoms. The van der Waals surface area contributed by atoms with Crippen molar-refractivity contribution in [2.24, 2.45) is 0 Å². The SMILES string of the molecule is C=Cc1ccc(/C=C/CCCCCC)cc1. The van der Waals surface area contributed by atoms with Crippen molar-refractivity contribution in [3.63, 3.8) is 0 Å². The van der Waals surface area contributed by atoms with E-state index in [1.807, 2.05) is 6.08 Å². The molecule has 0 aliphatic carbocycles. The molecule has 0 spiro atoms. The minimum atomic E-state index is 1.18. The monoisotopic (exact) mass is 214 g/mol. The number of hydrogen-bond acceptors (Lipinski definition) is 0. The Morgan fingerprint density at radius 2 is 1.69 bits per heavy atom. The van der Waals surface area contributed by atoms with Gasteiger partial charge in [0.15, 0.2) is 0 Å². The first kappa shape index (κ1) is 12.8. The summed E-state index contributed by atoms with van der Waals surface area (Å²) in [5, 5.41) is 0. The molecule has 0 atom stereocenters. The first-order valence-corrected chi connectivity index (χ1v) is 6.26. The summed E-state index contributed by atoms with van der Waals surface area (Å²) >= 11 is 0. The number of allylic oxidation sites excluding steroid dienone is 1. The minimum Gasteiger partial charge on any atom is -0.0985 e. The van der Waals surface area contributed by atoms with E-state index in [9.17, 15) is 0 Å².